The van der Waals surface area contributed by atoms with Crippen molar-refractivity contribution in [1.82, 2.24) is 10.3 Å². The zero-order valence-electron chi connectivity index (χ0n) is 19.1. The van der Waals surface area contributed by atoms with Crippen LogP contribution < -0.4 is 14.8 Å². The van der Waals surface area contributed by atoms with Crippen LogP contribution in [-0.2, 0) is 10.0 Å². The van der Waals surface area contributed by atoms with Gasteiger partial charge in [-0.15, -0.1) is 0 Å². The molecule has 7 nitrogen and oxygen atoms in total. The van der Waals surface area contributed by atoms with Crippen LogP contribution in [0.1, 0.15) is 47.7 Å². The second-order valence-corrected chi connectivity index (χ2v) is 9.47. The number of hydrogen-bond donors (Lipinski definition) is 2. The summed E-state index contributed by atoms with van der Waals surface area (Å²) in [5, 5.41) is 2.88. The highest BCUT2D eigenvalue weighted by atomic mass is 32.2. The van der Waals surface area contributed by atoms with Crippen LogP contribution >= 0.6 is 0 Å². The van der Waals surface area contributed by atoms with Crippen LogP contribution in [0.5, 0.6) is 11.6 Å². The highest BCUT2D eigenvalue weighted by Crippen LogP contribution is 2.26. The Morgan fingerprint density at radius 2 is 1.79 bits per heavy atom. The number of sulfonamides is 1. The standard InChI is InChI=1S/C25H29N3O4S/c1-4-5-6-15-26-24(29)22-8-7-16-27-25(22)32-21-12-10-20(11-13-21)28-33(30,31)23-14-9-18(2)17-19(23)3/h7-14,16-17,28H,4-6,15H2,1-3H3,(H,26,29). The van der Waals surface area contributed by atoms with E-state index in [1.165, 1.54) is 0 Å². The summed E-state index contributed by atoms with van der Waals surface area (Å²) in [6.45, 7) is 6.38. The van der Waals surface area contributed by atoms with Crippen molar-refractivity contribution >= 4 is 21.6 Å². The highest BCUT2D eigenvalue weighted by Gasteiger charge is 2.17. The summed E-state index contributed by atoms with van der Waals surface area (Å²) < 4.78 is 33.9. The summed E-state index contributed by atoms with van der Waals surface area (Å²) in [6, 6.07) is 15.0. The van der Waals surface area contributed by atoms with Crippen LogP contribution in [0.2, 0.25) is 0 Å². The van der Waals surface area contributed by atoms with Crippen molar-refractivity contribution < 1.29 is 17.9 Å². The van der Waals surface area contributed by atoms with E-state index in [1.54, 1.807) is 61.7 Å². The number of rotatable bonds is 10. The van der Waals surface area contributed by atoms with Gasteiger partial charge in [0.2, 0.25) is 5.88 Å². The first kappa shape index (κ1) is 24.3. The predicted molar refractivity (Wildman–Crippen MR) is 129 cm³/mol. The molecule has 0 unspecified atom stereocenters. The monoisotopic (exact) mass is 467 g/mol. The second kappa shape index (κ2) is 11.0. The van der Waals surface area contributed by atoms with Crippen molar-refractivity contribution in [2.45, 2.75) is 44.9 Å². The van der Waals surface area contributed by atoms with E-state index in [1.807, 2.05) is 13.0 Å². The fourth-order valence-corrected chi connectivity index (χ4v) is 4.62. The molecule has 0 atom stereocenters. The van der Waals surface area contributed by atoms with Gasteiger partial charge in [-0.1, -0.05) is 37.5 Å². The number of amides is 1. The molecule has 2 N–H and O–H groups in total. The first-order chi connectivity index (χ1) is 15.8. The summed E-state index contributed by atoms with van der Waals surface area (Å²) in [7, 11) is -3.72. The Balaban J connectivity index is 1.70. The molecule has 0 bridgehead atoms. The number of anilines is 1. The predicted octanol–water partition coefficient (Wildman–Crippen LogP) is 5.21. The Morgan fingerprint density at radius 3 is 2.48 bits per heavy atom. The quantitative estimate of drug-likeness (QED) is 0.399. The third-order valence-electron chi connectivity index (χ3n) is 5.02. The molecule has 0 aliphatic rings. The van der Waals surface area contributed by atoms with Crippen LogP contribution in [0.3, 0.4) is 0 Å². The van der Waals surface area contributed by atoms with Crippen molar-refractivity contribution in [1.29, 1.82) is 0 Å². The van der Waals surface area contributed by atoms with Crippen molar-refractivity contribution in [2.75, 3.05) is 11.3 Å². The minimum absolute atomic E-state index is 0.189. The number of pyridine rings is 1. The zero-order chi connectivity index (χ0) is 23.8. The van der Waals surface area contributed by atoms with Gasteiger partial charge < -0.3 is 10.1 Å². The van der Waals surface area contributed by atoms with Gasteiger partial charge in [0.15, 0.2) is 0 Å². The van der Waals surface area contributed by atoms with Crippen LogP contribution in [0.25, 0.3) is 0 Å². The van der Waals surface area contributed by atoms with Gasteiger partial charge in [-0.25, -0.2) is 13.4 Å². The molecule has 0 aliphatic carbocycles. The van der Waals surface area contributed by atoms with Crippen molar-refractivity contribution in [2.24, 2.45) is 0 Å². The number of unbranched alkanes of at least 4 members (excludes halogenated alkanes) is 2. The highest BCUT2D eigenvalue weighted by molar-refractivity contribution is 7.92. The van der Waals surface area contributed by atoms with Crippen LogP contribution in [0, 0.1) is 13.8 Å². The van der Waals surface area contributed by atoms with E-state index < -0.39 is 10.0 Å². The SMILES string of the molecule is CCCCCNC(=O)c1cccnc1Oc1ccc(NS(=O)(=O)c2ccc(C)cc2C)cc1. The Hall–Kier alpha value is -3.39. The van der Waals surface area contributed by atoms with Crippen LogP contribution in [0.15, 0.2) is 65.7 Å². The Bertz CT molecular complexity index is 1210. The van der Waals surface area contributed by atoms with Gasteiger partial charge in [0.1, 0.15) is 11.3 Å². The average Bonchev–Trinajstić information content (AvgIpc) is 2.78. The molecule has 1 amide bonds. The molecular formula is C25H29N3O4S. The van der Waals surface area contributed by atoms with Gasteiger partial charge in [0.25, 0.3) is 15.9 Å². The lowest BCUT2D eigenvalue weighted by molar-refractivity contribution is 0.0950. The van der Waals surface area contributed by atoms with Gasteiger partial charge in [-0.05, 0) is 68.3 Å². The van der Waals surface area contributed by atoms with Gasteiger partial charge >= 0.3 is 0 Å². The molecule has 0 saturated carbocycles. The lowest BCUT2D eigenvalue weighted by atomic mass is 10.2. The van der Waals surface area contributed by atoms with Crippen LogP contribution in [0.4, 0.5) is 5.69 Å². The van der Waals surface area contributed by atoms with Crippen molar-refractivity contribution in [3.8, 4) is 11.6 Å². The smallest absolute Gasteiger partial charge is 0.262 e. The molecule has 0 radical (unpaired) electrons. The second-order valence-electron chi connectivity index (χ2n) is 7.82. The minimum Gasteiger partial charge on any atom is -0.438 e. The third-order valence-corrected chi connectivity index (χ3v) is 6.56. The van der Waals surface area contributed by atoms with E-state index in [4.69, 9.17) is 4.74 Å². The number of aryl methyl sites for hydroxylation is 2. The maximum Gasteiger partial charge on any atom is 0.262 e. The van der Waals surface area contributed by atoms with E-state index in [0.717, 1.165) is 24.8 Å². The lowest BCUT2D eigenvalue weighted by Gasteiger charge is -2.12. The summed E-state index contributed by atoms with van der Waals surface area (Å²) >= 11 is 0. The maximum absolute atomic E-state index is 12.8. The molecule has 3 aromatic rings. The lowest BCUT2D eigenvalue weighted by Crippen LogP contribution is -2.25. The molecular weight excluding hydrogens is 438 g/mol. The number of carbonyl (C=O) groups excluding carboxylic acids is 1. The molecule has 174 valence electrons. The molecule has 8 heteroatoms. The number of ether oxygens (including phenoxy) is 1. The Labute approximate surface area is 195 Å². The van der Waals surface area contributed by atoms with Crippen LogP contribution in [-0.4, -0.2) is 25.9 Å². The van der Waals surface area contributed by atoms with Crippen molar-refractivity contribution in [3.05, 3.63) is 77.5 Å². The van der Waals surface area contributed by atoms with E-state index in [2.05, 4.69) is 21.9 Å². The molecule has 1 heterocycles. The Kier molecular flexibility index (Phi) is 8.06. The summed E-state index contributed by atoms with van der Waals surface area (Å²) in [5.74, 6) is 0.379. The minimum atomic E-state index is -3.72. The number of nitrogens with one attached hydrogen (secondary N) is 2. The third kappa shape index (κ3) is 6.55. The van der Waals surface area contributed by atoms with E-state index in [0.29, 0.717) is 29.1 Å². The van der Waals surface area contributed by atoms with E-state index in [-0.39, 0.29) is 16.7 Å². The number of carbonyl (C=O) groups is 1. The van der Waals surface area contributed by atoms with Crippen molar-refractivity contribution in [3.63, 3.8) is 0 Å². The molecule has 0 fully saturated rings. The topological polar surface area (TPSA) is 97.4 Å². The number of nitrogens with zero attached hydrogens (tertiary/aromatic N) is 1. The average molecular weight is 468 g/mol. The molecule has 1 aromatic heterocycles. The maximum atomic E-state index is 12.8. The van der Waals surface area contributed by atoms with Gasteiger partial charge in [0.05, 0.1) is 4.90 Å². The van der Waals surface area contributed by atoms with E-state index >= 15 is 0 Å². The fourth-order valence-electron chi connectivity index (χ4n) is 3.33. The Morgan fingerprint density at radius 1 is 1.03 bits per heavy atom. The largest absolute Gasteiger partial charge is 0.438 e. The summed E-state index contributed by atoms with van der Waals surface area (Å²) in [5.41, 5.74) is 2.42. The molecule has 0 saturated heterocycles. The molecule has 33 heavy (non-hydrogen) atoms. The zero-order valence-corrected chi connectivity index (χ0v) is 19.9. The number of aromatic nitrogens is 1. The normalized spacial score (nSPS) is 11.1. The fraction of sp³-hybridized carbons (Fsp3) is 0.280. The first-order valence-corrected chi connectivity index (χ1v) is 12.4. The summed E-state index contributed by atoms with van der Waals surface area (Å²) in [6.07, 6.45) is 4.60. The van der Waals surface area contributed by atoms with E-state index in [9.17, 15) is 13.2 Å². The van der Waals surface area contributed by atoms with Gasteiger partial charge in [-0.3, -0.25) is 9.52 Å². The van der Waals surface area contributed by atoms with Gasteiger partial charge in [-0.2, -0.15) is 0 Å². The molecule has 0 aliphatic heterocycles. The molecule has 3 rings (SSSR count). The number of benzene rings is 2. The number of hydrogen-bond acceptors (Lipinski definition) is 5. The molecule has 0 spiro atoms. The first-order valence-electron chi connectivity index (χ1n) is 10.9. The van der Waals surface area contributed by atoms with Gasteiger partial charge in [0, 0.05) is 18.4 Å². The summed E-state index contributed by atoms with van der Waals surface area (Å²) in [4.78, 5) is 16.9. The molecule has 2 aromatic carbocycles.